The first-order valence-corrected chi connectivity index (χ1v) is 3.55. The highest BCUT2D eigenvalue weighted by Crippen LogP contribution is 2.17. The molecule has 3 atom stereocenters. The molecule has 4 nitrogen and oxygen atoms in total. The van der Waals surface area contributed by atoms with Crippen LogP contribution in [-0.2, 0) is 14.3 Å². The Morgan fingerprint density at radius 1 is 1.73 bits per heavy atom. The number of carbonyl (C=O) groups is 1. The van der Waals surface area contributed by atoms with Gasteiger partial charge in [-0.05, 0) is 6.92 Å². The number of aliphatic hydroxyl groups is 1. The van der Waals surface area contributed by atoms with E-state index in [4.69, 9.17) is 9.47 Å². The second-order valence-corrected chi connectivity index (χ2v) is 2.67. The van der Waals surface area contributed by atoms with Crippen molar-refractivity contribution < 1.29 is 19.4 Å². The van der Waals surface area contributed by atoms with Crippen LogP contribution in [-0.4, -0.2) is 36.5 Å². The molecule has 1 aliphatic heterocycles. The lowest BCUT2D eigenvalue weighted by atomic mass is 10.0. The Balaban J connectivity index is 2.58. The summed E-state index contributed by atoms with van der Waals surface area (Å²) in [7, 11) is 1.49. The fourth-order valence-electron chi connectivity index (χ4n) is 1.27. The number of hydrogen-bond donors (Lipinski definition) is 1. The van der Waals surface area contributed by atoms with Gasteiger partial charge in [-0.3, -0.25) is 4.79 Å². The number of cyclic esters (lactones) is 1. The average Bonchev–Trinajstić information content (AvgIpc) is 1.85. The maximum Gasteiger partial charge on any atom is 0.308 e. The van der Waals surface area contributed by atoms with Gasteiger partial charge < -0.3 is 14.6 Å². The highest BCUT2D eigenvalue weighted by atomic mass is 16.6. The third-order valence-corrected chi connectivity index (χ3v) is 1.81. The standard InChI is InChI=1S/C7H12O4/c1-4-7(10-2)5(8)3-6(9)11-4/h4-5,7-8H,3H2,1-2H3. The molecule has 1 fully saturated rings. The van der Waals surface area contributed by atoms with Gasteiger partial charge in [0.05, 0.1) is 12.5 Å². The molecule has 1 aliphatic rings. The summed E-state index contributed by atoms with van der Waals surface area (Å²) in [6.45, 7) is 1.70. The molecule has 4 heteroatoms. The van der Waals surface area contributed by atoms with E-state index < -0.39 is 6.10 Å². The van der Waals surface area contributed by atoms with Crippen LogP contribution in [0.1, 0.15) is 13.3 Å². The topological polar surface area (TPSA) is 55.8 Å². The van der Waals surface area contributed by atoms with Crippen molar-refractivity contribution in [1.82, 2.24) is 0 Å². The average molecular weight is 160 g/mol. The maximum atomic E-state index is 10.7. The van der Waals surface area contributed by atoms with Gasteiger partial charge >= 0.3 is 5.97 Å². The third kappa shape index (κ3) is 1.70. The third-order valence-electron chi connectivity index (χ3n) is 1.81. The molecule has 1 N–H and O–H groups in total. The quantitative estimate of drug-likeness (QED) is 0.535. The highest BCUT2D eigenvalue weighted by molar-refractivity contribution is 5.71. The molecule has 0 saturated carbocycles. The summed E-state index contributed by atoms with van der Waals surface area (Å²) in [5, 5.41) is 9.28. The minimum atomic E-state index is -0.726. The van der Waals surface area contributed by atoms with E-state index in [9.17, 15) is 9.90 Å². The summed E-state index contributed by atoms with van der Waals surface area (Å²) in [4.78, 5) is 10.7. The van der Waals surface area contributed by atoms with E-state index in [1.165, 1.54) is 7.11 Å². The number of rotatable bonds is 1. The highest BCUT2D eigenvalue weighted by Gasteiger charge is 2.34. The van der Waals surface area contributed by atoms with E-state index in [1.807, 2.05) is 0 Å². The van der Waals surface area contributed by atoms with Crippen molar-refractivity contribution in [1.29, 1.82) is 0 Å². The predicted molar refractivity (Wildman–Crippen MR) is 37.0 cm³/mol. The number of esters is 1. The van der Waals surface area contributed by atoms with Crippen molar-refractivity contribution in [3.63, 3.8) is 0 Å². The lowest BCUT2D eigenvalue weighted by Gasteiger charge is -2.31. The van der Waals surface area contributed by atoms with E-state index in [0.717, 1.165) is 0 Å². The van der Waals surface area contributed by atoms with Crippen molar-refractivity contribution in [2.24, 2.45) is 0 Å². The van der Waals surface area contributed by atoms with Gasteiger partial charge in [-0.15, -0.1) is 0 Å². The van der Waals surface area contributed by atoms with E-state index in [1.54, 1.807) is 6.92 Å². The van der Waals surface area contributed by atoms with Crippen LogP contribution in [0.5, 0.6) is 0 Å². The Morgan fingerprint density at radius 3 is 2.82 bits per heavy atom. The first-order chi connectivity index (χ1) is 5.15. The number of carbonyl (C=O) groups excluding carboxylic acids is 1. The molecule has 0 aromatic rings. The lowest BCUT2D eigenvalue weighted by molar-refractivity contribution is -0.179. The molecular weight excluding hydrogens is 148 g/mol. The van der Waals surface area contributed by atoms with Crippen molar-refractivity contribution >= 4 is 5.97 Å². The minimum Gasteiger partial charge on any atom is -0.460 e. The smallest absolute Gasteiger partial charge is 0.308 e. The van der Waals surface area contributed by atoms with Gasteiger partial charge in [0.2, 0.25) is 0 Å². The van der Waals surface area contributed by atoms with Crippen LogP contribution in [0, 0.1) is 0 Å². The molecule has 3 unspecified atom stereocenters. The summed E-state index contributed by atoms with van der Waals surface area (Å²) in [5.74, 6) is -0.363. The van der Waals surface area contributed by atoms with Crippen LogP contribution >= 0.6 is 0 Å². The molecular formula is C7H12O4. The van der Waals surface area contributed by atoms with Crippen LogP contribution in [0.25, 0.3) is 0 Å². The predicted octanol–water partition coefficient (Wildman–Crippen LogP) is -0.302. The van der Waals surface area contributed by atoms with Crippen molar-refractivity contribution in [2.75, 3.05) is 7.11 Å². The molecule has 1 saturated heterocycles. The van der Waals surface area contributed by atoms with Gasteiger partial charge in [0.15, 0.2) is 0 Å². The molecule has 0 aliphatic carbocycles. The SMILES string of the molecule is COC1C(O)CC(=O)OC1C. The molecule has 0 spiro atoms. The Morgan fingerprint density at radius 2 is 2.36 bits per heavy atom. The van der Waals surface area contributed by atoms with Crippen molar-refractivity contribution in [2.45, 2.75) is 31.7 Å². The molecule has 0 radical (unpaired) electrons. The van der Waals surface area contributed by atoms with E-state index >= 15 is 0 Å². The fourth-order valence-corrected chi connectivity index (χ4v) is 1.27. The van der Waals surface area contributed by atoms with Gasteiger partial charge in [0, 0.05) is 7.11 Å². The Bertz CT molecular complexity index is 143. The number of aliphatic hydroxyl groups excluding tert-OH is 1. The summed E-state index contributed by atoms with van der Waals surface area (Å²) in [5.41, 5.74) is 0. The zero-order valence-corrected chi connectivity index (χ0v) is 6.61. The van der Waals surface area contributed by atoms with Gasteiger partial charge in [0.1, 0.15) is 12.2 Å². The Labute approximate surface area is 65.1 Å². The Kier molecular flexibility index (Phi) is 2.46. The summed E-state index contributed by atoms with van der Waals surface area (Å²) in [6.07, 6.45) is -1.43. The maximum absolute atomic E-state index is 10.7. The first-order valence-electron chi connectivity index (χ1n) is 3.55. The molecule has 64 valence electrons. The van der Waals surface area contributed by atoms with Crippen LogP contribution in [0.15, 0.2) is 0 Å². The number of methoxy groups -OCH3 is 1. The van der Waals surface area contributed by atoms with E-state index in [0.29, 0.717) is 0 Å². The second kappa shape index (κ2) is 3.19. The summed E-state index contributed by atoms with van der Waals surface area (Å²) >= 11 is 0. The van der Waals surface area contributed by atoms with Gasteiger partial charge in [-0.25, -0.2) is 0 Å². The first kappa shape index (κ1) is 8.49. The lowest BCUT2D eigenvalue weighted by Crippen LogP contribution is -2.46. The van der Waals surface area contributed by atoms with Gasteiger partial charge in [-0.2, -0.15) is 0 Å². The van der Waals surface area contributed by atoms with Gasteiger partial charge in [-0.1, -0.05) is 0 Å². The largest absolute Gasteiger partial charge is 0.460 e. The molecule has 11 heavy (non-hydrogen) atoms. The van der Waals surface area contributed by atoms with Crippen molar-refractivity contribution in [3.05, 3.63) is 0 Å². The molecule has 1 heterocycles. The monoisotopic (exact) mass is 160 g/mol. The summed E-state index contributed by atoms with van der Waals surface area (Å²) < 4.78 is 9.77. The van der Waals surface area contributed by atoms with Gasteiger partial charge in [0.25, 0.3) is 0 Å². The number of ether oxygens (including phenoxy) is 2. The fraction of sp³-hybridized carbons (Fsp3) is 0.857. The summed E-state index contributed by atoms with van der Waals surface area (Å²) in [6, 6.07) is 0. The molecule has 0 aromatic carbocycles. The van der Waals surface area contributed by atoms with Crippen LogP contribution in [0.3, 0.4) is 0 Å². The zero-order valence-electron chi connectivity index (χ0n) is 6.61. The number of hydrogen-bond acceptors (Lipinski definition) is 4. The van der Waals surface area contributed by atoms with E-state index in [-0.39, 0.29) is 24.6 Å². The van der Waals surface area contributed by atoms with Crippen LogP contribution in [0.2, 0.25) is 0 Å². The zero-order chi connectivity index (χ0) is 8.43. The van der Waals surface area contributed by atoms with Crippen molar-refractivity contribution in [3.8, 4) is 0 Å². The second-order valence-electron chi connectivity index (χ2n) is 2.67. The molecule has 0 aromatic heterocycles. The molecule has 1 rings (SSSR count). The molecule has 0 amide bonds. The minimum absolute atomic E-state index is 0.0306. The normalized spacial score (nSPS) is 38.5. The molecule has 0 bridgehead atoms. The van der Waals surface area contributed by atoms with Crippen LogP contribution < -0.4 is 0 Å². The Hall–Kier alpha value is -0.610. The van der Waals surface area contributed by atoms with E-state index in [2.05, 4.69) is 0 Å². The van der Waals surface area contributed by atoms with Crippen LogP contribution in [0.4, 0.5) is 0 Å².